The molecule has 5 heteroatoms. The van der Waals surface area contributed by atoms with Crippen molar-refractivity contribution in [3.05, 3.63) is 102 Å². The van der Waals surface area contributed by atoms with Gasteiger partial charge in [0.05, 0.1) is 7.11 Å². The second-order valence-corrected chi connectivity index (χ2v) is 8.44. The second-order valence-electron chi connectivity index (χ2n) is 8.44. The zero-order valence-electron chi connectivity index (χ0n) is 19.3. The van der Waals surface area contributed by atoms with E-state index in [0.29, 0.717) is 31.0 Å². The molecule has 5 rings (SSSR count). The lowest BCUT2D eigenvalue weighted by Crippen LogP contribution is -2.48. The lowest BCUT2D eigenvalue weighted by molar-refractivity contribution is 0.0746. The third kappa shape index (κ3) is 4.69. The first-order chi connectivity index (χ1) is 16.7. The van der Waals surface area contributed by atoms with Crippen LogP contribution in [0.4, 0.5) is 5.69 Å². The molecule has 1 aliphatic heterocycles. The summed E-state index contributed by atoms with van der Waals surface area (Å²) in [7, 11) is 1.64. The highest BCUT2D eigenvalue weighted by atomic mass is 16.5. The number of piperazine rings is 1. The molecular formula is C29H28N2O3. The molecule has 4 aromatic rings. The number of amides is 1. The quantitative estimate of drug-likeness (QED) is 0.393. The highest BCUT2D eigenvalue weighted by molar-refractivity contribution is 5.94. The number of nitrogens with zero attached hydrogens (tertiary/aromatic N) is 2. The van der Waals surface area contributed by atoms with Gasteiger partial charge >= 0.3 is 0 Å². The van der Waals surface area contributed by atoms with Crippen molar-refractivity contribution in [1.82, 2.24) is 4.90 Å². The fourth-order valence-electron chi connectivity index (χ4n) is 4.43. The summed E-state index contributed by atoms with van der Waals surface area (Å²) < 4.78 is 11.6. The summed E-state index contributed by atoms with van der Waals surface area (Å²) in [5.41, 5.74) is 2.71. The largest absolute Gasteiger partial charge is 0.496 e. The number of fused-ring (bicyclic) bond motifs is 1. The number of hydrogen-bond donors (Lipinski definition) is 0. The monoisotopic (exact) mass is 452 g/mol. The predicted octanol–water partition coefficient (Wildman–Crippen LogP) is 5.39. The van der Waals surface area contributed by atoms with E-state index in [1.807, 2.05) is 65.6 Å². The third-order valence-corrected chi connectivity index (χ3v) is 6.33. The number of hydrogen-bond acceptors (Lipinski definition) is 4. The molecule has 34 heavy (non-hydrogen) atoms. The number of rotatable bonds is 6. The molecule has 1 amide bonds. The van der Waals surface area contributed by atoms with Crippen molar-refractivity contribution in [2.24, 2.45) is 0 Å². The average molecular weight is 453 g/mol. The summed E-state index contributed by atoms with van der Waals surface area (Å²) >= 11 is 0. The Morgan fingerprint density at radius 2 is 1.53 bits per heavy atom. The summed E-state index contributed by atoms with van der Waals surface area (Å²) in [5.74, 6) is 1.54. The van der Waals surface area contributed by atoms with Crippen molar-refractivity contribution in [1.29, 1.82) is 0 Å². The van der Waals surface area contributed by atoms with E-state index in [0.717, 1.165) is 29.8 Å². The smallest absolute Gasteiger partial charge is 0.253 e. The molecule has 1 aliphatic rings. The fourth-order valence-corrected chi connectivity index (χ4v) is 4.43. The van der Waals surface area contributed by atoms with Gasteiger partial charge in [-0.15, -0.1) is 0 Å². The Morgan fingerprint density at radius 1 is 0.794 bits per heavy atom. The van der Waals surface area contributed by atoms with Crippen LogP contribution in [0.2, 0.25) is 0 Å². The molecule has 0 aromatic heterocycles. The van der Waals surface area contributed by atoms with Crippen molar-refractivity contribution in [3.63, 3.8) is 0 Å². The van der Waals surface area contributed by atoms with Gasteiger partial charge in [-0.1, -0.05) is 48.5 Å². The number of para-hydroxylation sites is 1. The Hall–Kier alpha value is -3.99. The van der Waals surface area contributed by atoms with Gasteiger partial charge in [0.2, 0.25) is 0 Å². The fraction of sp³-hybridized carbons (Fsp3) is 0.207. The number of ether oxygens (including phenoxy) is 2. The zero-order valence-corrected chi connectivity index (χ0v) is 19.3. The Labute approximate surface area is 200 Å². The van der Waals surface area contributed by atoms with Gasteiger partial charge in [-0.3, -0.25) is 4.79 Å². The van der Waals surface area contributed by atoms with E-state index < -0.39 is 0 Å². The van der Waals surface area contributed by atoms with Crippen LogP contribution in [0.5, 0.6) is 11.5 Å². The van der Waals surface area contributed by atoms with Crippen LogP contribution in [0.3, 0.4) is 0 Å². The van der Waals surface area contributed by atoms with Crippen LogP contribution in [0.25, 0.3) is 10.8 Å². The van der Waals surface area contributed by atoms with Gasteiger partial charge in [0.1, 0.15) is 18.1 Å². The van der Waals surface area contributed by atoms with Crippen molar-refractivity contribution >= 4 is 22.4 Å². The summed E-state index contributed by atoms with van der Waals surface area (Å²) in [6.07, 6.45) is 0. The number of carbonyl (C=O) groups excluding carboxylic acids is 1. The number of anilines is 1. The standard InChI is InChI=1S/C29H28N2O3/c1-33-28-14-12-24(29(32)31-17-15-30(16-18-31)26-9-3-2-4-10-26)19-25(28)21-34-27-13-11-22-7-5-6-8-23(22)20-27/h2-14,19-20H,15-18,21H2,1H3. The van der Waals surface area contributed by atoms with E-state index in [1.165, 1.54) is 11.1 Å². The van der Waals surface area contributed by atoms with E-state index in [-0.39, 0.29) is 5.91 Å². The van der Waals surface area contributed by atoms with Crippen LogP contribution >= 0.6 is 0 Å². The Bertz CT molecular complexity index is 1280. The first-order valence-electron chi connectivity index (χ1n) is 11.6. The first kappa shape index (κ1) is 21.8. The minimum atomic E-state index is 0.0438. The molecular weight excluding hydrogens is 424 g/mol. The molecule has 1 heterocycles. The van der Waals surface area contributed by atoms with E-state index in [9.17, 15) is 4.79 Å². The molecule has 1 saturated heterocycles. The summed E-state index contributed by atoms with van der Waals surface area (Å²) in [5, 5.41) is 2.30. The van der Waals surface area contributed by atoms with Gasteiger partial charge in [0, 0.05) is 43.0 Å². The van der Waals surface area contributed by atoms with E-state index in [1.54, 1.807) is 7.11 Å². The lowest BCUT2D eigenvalue weighted by atomic mass is 10.1. The van der Waals surface area contributed by atoms with Crippen LogP contribution in [0, 0.1) is 0 Å². The molecule has 0 unspecified atom stereocenters. The van der Waals surface area contributed by atoms with Gasteiger partial charge < -0.3 is 19.3 Å². The molecule has 4 aromatic carbocycles. The van der Waals surface area contributed by atoms with Gasteiger partial charge in [-0.05, 0) is 53.2 Å². The molecule has 0 radical (unpaired) electrons. The molecule has 0 N–H and O–H groups in total. The van der Waals surface area contributed by atoms with Gasteiger partial charge in [0.25, 0.3) is 5.91 Å². The van der Waals surface area contributed by atoms with Crippen molar-refractivity contribution in [2.45, 2.75) is 6.61 Å². The summed E-state index contributed by atoms with van der Waals surface area (Å²) in [6, 6.07) is 30.2. The molecule has 0 atom stereocenters. The number of benzene rings is 4. The van der Waals surface area contributed by atoms with Gasteiger partial charge in [-0.25, -0.2) is 0 Å². The maximum atomic E-state index is 13.2. The maximum absolute atomic E-state index is 13.2. The second kappa shape index (κ2) is 9.87. The Balaban J connectivity index is 1.27. The SMILES string of the molecule is COc1ccc(C(=O)N2CCN(c3ccccc3)CC2)cc1COc1ccc2ccccc2c1. The summed E-state index contributed by atoms with van der Waals surface area (Å²) in [4.78, 5) is 17.5. The molecule has 172 valence electrons. The van der Waals surface area contributed by atoms with E-state index in [2.05, 4.69) is 35.2 Å². The maximum Gasteiger partial charge on any atom is 0.253 e. The Kier molecular flexibility index (Phi) is 6.34. The minimum Gasteiger partial charge on any atom is -0.496 e. The zero-order chi connectivity index (χ0) is 23.3. The van der Waals surface area contributed by atoms with E-state index in [4.69, 9.17) is 9.47 Å². The number of carbonyl (C=O) groups is 1. The normalized spacial score (nSPS) is 13.7. The van der Waals surface area contributed by atoms with Crippen molar-refractivity contribution < 1.29 is 14.3 Å². The van der Waals surface area contributed by atoms with Crippen molar-refractivity contribution in [3.8, 4) is 11.5 Å². The van der Waals surface area contributed by atoms with Gasteiger partial charge in [0.15, 0.2) is 0 Å². The van der Waals surface area contributed by atoms with Crippen LogP contribution in [0.1, 0.15) is 15.9 Å². The lowest BCUT2D eigenvalue weighted by Gasteiger charge is -2.36. The molecule has 0 saturated carbocycles. The van der Waals surface area contributed by atoms with Crippen molar-refractivity contribution in [2.75, 3.05) is 38.2 Å². The van der Waals surface area contributed by atoms with Crippen LogP contribution < -0.4 is 14.4 Å². The highest BCUT2D eigenvalue weighted by Crippen LogP contribution is 2.26. The molecule has 0 bridgehead atoms. The summed E-state index contributed by atoms with van der Waals surface area (Å²) in [6.45, 7) is 3.36. The minimum absolute atomic E-state index is 0.0438. The molecule has 0 aliphatic carbocycles. The molecule has 0 spiro atoms. The molecule has 5 nitrogen and oxygen atoms in total. The van der Waals surface area contributed by atoms with Crippen LogP contribution in [-0.2, 0) is 6.61 Å². The Morgan fingerprint density at radius 3 is 2.29 bits per heavy atom. The first-order valence-corrected chi connectivity index (χ1v) is 11.6. The van der Waals surface area contributed by atoms with Gasteiger partial charge in [-0.2, -0.15) is 0 Å². The highest BCUT2D eigenvalue weighted by Gasteiger charge is 2.23. The predicted molar refractivity (Wildman–Crippen MR) is 136 cm³/mol. The number of methoxy groups -OCH3 is 1. The topological polar surface area (TPSA) is 42.0 Å². The van der Waals surface area contributed by atoms with E-state index >= 15 is 0 Å². The van der Waals surface area contributed by atoms with Crippen LogP contribution in [0.15, 0.2) is 91.0 Å². The molecule has 1 fully saturated rings. The average Bonchev–Trinajstić information content (AvgIpc) is 2.92. The third-order valence-electron chi connectivity index (χ3n) is 6.33. The van der Waals surface area contributed by atoms with Crippen LogP contribution in [-0.4, -0.2) is 44.1 Å².